The van der Waals surface area contributed by atoms with Crippen LogP contribution < -0.4 is 11.1 Å². The highest BCUT2D eigenvalue weighted by molar-refractivity contribution is 5.94. The van der Waals surface area contributed by atoms with Gasteiger partial charge in [0.2, 0.25) is 0 Å². The second kappa shape index (κ2) is 5.51. The smallest absolute Gasteiger partial charge is 0.251 e. The largest absolute Gasteiger partial charge is 0.467 e. The molecular weight excluding hydrogens is 228 g/mol. The number of amides is 1. The molecule has 94 valence electrons. The summed E-state index contributed by atoms with van der Waals surface area (Å²) in [5.74, 6) is 0.609. The molecule has 18 heavy (non-hydrogen) atoms. The van der Waals surface area contributed by atoms with Crippen LogP contribution in [0.15, 0.2) is 47.1 Å². The normalized spacial score (nSPS) is 12.1. The number of hydrogen-bond donors (Lipinski definition) is 2. The summed E-state index contributed by atoms with van der Waals surface area (Å²) in [6.45, 7) is 2.30. The molecule has 0 radical (unpaired) electrons. The van der Waals surface area contributed by atoms with Gasteiger partial charge in [0.1, 0.15) is 5.76 Å². The van der Waals surface area contributed by atoms with Crippen molar-refractivity contribution in [3.8, 4) is 0 Å². The van der Waals surface area contributed by atoms with Crippen LogP contribution in [0.25, 0.3) is 0 Å². The minimum absolute atomic E-state index is 0.0229. The highest BCUT2D eigenvalue weighted by Crippen LogP contribution is 2.11. The molecule has 0 aliphatic carbocycles. The molecule has 4 nitrogen and oxygen atoms in total. The van der Waals surface area contributed by atoms with Crippen LogP contribution in [0.4, 0.5) is 0 Å². The number of furan rings is 1. The number of nitrogens with two attached hydrogens (primary N) is 1. The molecule has 0 saturated carbocycles. The van der Waals surface area contributed by atoms with Crippen molar-refractivity contribution < 1.29 is 9.21 Å². The van der Waals surface area contributed by atoms with Gasteiger partial charge in [-0.1, -0.05) is 12.1 Å². The molecule has 1 amide bonds. The maximum atomic E-state index is 11.8. The first-order valence-electron chi connectivity index (χ1n) is 5.83. The van der Waals surface area contributed by atoms with Gasteiger partial charge in [0.25, 0.3) is 5.91 Å². The first-order chi connectivity index (χ1) is 8.66. The molecule has 1 heterocycles. The third-order valence-electron chi connectivity index (χ3n) is 2.70. The van der Waals surface area contributed by atoms with Crippen LogP contribution in [0.1, 0.15) is 34.6 Å². The molecule has 1 aromatic carbocycles. The molecule has 1 atom stereocenters. The predicted octanol–water partition coefficient (Wildman–Crippen LogP) is 2.23. The third-order valence-corrected chi connectivity index (χ3v) is 2.70. The molecule has 0 aliphatic rings. The molecule has 2 rings (SSSR count). The molecule has 1 aromatic heterocycles. The van der Waals surface area contributed by atoms with Crippen LogP contribution in [0.2, 0.25) is 0 Å². The van der Waals surface area contributed by atoms with E-state index in [0.717, 1.165) is 11.3 Å². The molecule has 0 fully saturated rings. The fourth-order valence-electron chi connectivity index (χ4n) is 1.62. The highest BCUT2D eigenvalue weighted by atomic mass is 16.3. The summed E-state index contributed by atoms with van der Waals surface area (Å²) in [5.41, 5.74) is 7.38. The van der Waals surface area contributed by atoms with Gasteiger partial charge in [0.05, 0.1) is 12.8 Å². The van der Waals surface area contributed by atoms with E-state index in [4.69, 9.17) is 10.2 Å². The zero-order valence-electron chi connectivity index (χ0n) is 10.2. The van der Waals surface area contributed by atoms with E-state index in [1.165, 1.54) is 0 Å². The monoisotopic (exact) mass is 244 g/mol. The average Bonchev–Trinajstić information content (AvgIpc) is 2.89. The van der Waals surface area contributed by atoms with Crippen LogP contribution in [0, 0.1) is 0 Å². The molecule has 0 saturated heterocycles. The summed E-state index contributed by atoms with van der Waals surface area (Å²) in [6, 6.07) is 10.9. The Hall–Kier alpha value is -2.07. The van der Waals surface area contributed by atoms with Gasteiger partial charge in [-0.3, -0.25) is 4.79 Å². The van der Waals surface area contributed by atoms with E-state index in [2.05, 4.69) is 5.32 Å². The van der Waals surface area contributed by atoms with Crippen molar-refractivity contribution >= 4 is 5.91 Å². The van der Waals surface area contributed by atoms with Gasteiger partial charge in [0.15, 0.2) is 0 Å². The van der Waals surface area contributed by atoms with Gasteiger partial charge in [-0.15, -0.1) is 0 Å². The molecule has 3 N–H and O–H groups in total. The minimum Gasteiger partial charge on any atom is -0.467 e. The Bertz CT molecular complexity index is 501. The predicted molar refractivity (Wildman–Crippen MR) is 68.9 cm³/mol. The van der Waals surface area contributed by atoms with Crippen LogP contribution in [-0.4, -0.2) is 5.91 Å². The fraction of sp³-hybridized carbons (Fsp3) is 0.214. The van der Waals surface area contributed by atoms with Crippen LogP contribution in [0.5, 0.6) is 0 Å². The van der Waals surface area contributed by atoms with Crippen molar-refractivity contribution in [3.63, 3.8) is 0 Å². The summed E-state index contributed by atoms with van der Waals surface area (Å²) in [4.78, 5) is 11.8. The molecule has 2 aromatic rings. The lowest BCUT2D eigenvalue weighted by atomic mass is 10.1. The van der Waals surface area contributed by atoms with Crippen molar-refractivity contribution in [2.75, 3.05) is 0 Å². The zero-order valence-corrected chi connectivity index (χ0v) is 10.2. The van der Waals surface area contributed by atoms with E-state index in [-0.39, 0.29) is 11.9 Å². The minimum atomic E-state index is -0.123. The molecule has 0 bridgehead atoms. The van der Waals surface area contributed by atoms with Gasteiger partial charge in [-0.2, -0.15) is 0 Å². The van der Waals surface area contributed by atoms with Gasteiger partial charge >= 0.3 is 0 Å². The molecule has 1 unspecified atom stereocenters. The quantitative estimate of drug-likeness (QED) is 0.866. The lowest BCUT2D eigenvalue weighted by molar-refractivity contribution is 0.0948. The number of carbonyl (C=O) groups excluding carboxylic acids is 1. The Morgan fingerprint density at radius 1 is 1.33 bits per heavy atom. The third kappa shape index (κ3) is 2.99. The summed E-state index contributed by atoms with van der Waals surface area (Å²) >= 11 is 0. The SMILES string of the molecule is CC(N)c1ccc(C(=O)NCc2ccco2)cc1. The van der Waals surface area contributed by atoms with Crippen molar-refractivity contribution in [2.24, 2.45) is 5.73 Å². The number of hydrogen-bond acceptors (Lipinski definition) is 3. The zero-order chi connectivity index (χ0) is 13.0. The topological polar surface area (TPSA) is 68.3 Å². The van der Waals surface area contributed by atoms with Gasteiger partial charge in [-0.25, -0.2) is 0 Å². The van der Waals surface area contributed by atoms with Crippen molar-refractivity contribution in [3.05, 3.63) is 59.5 Å². The number of rotatable bonds is 4. The maximum absolute atomic E-state index is 11.8. The van der Waals surface area contributed by atoms with Crippen molar-refractivity contribution in [1.82, 2.24) is 5.32 Å². The molecule has 4 heteroatoms. The second-order valence-corrected chi connectivity index (χ2v) is 4.17. The summed E-state index contributed by atoms with van der Waals surface area (Å²) < 4.78 is 5.14. The maximum Gasteiger partial charge on any atom is 0.251 e. The van der Waals surface area contributed by atoms with Gasteiger partial charge < -0.3 is 15.5 Å². The van der Waals surface area contributed by atoms with Crippen LogP contribution in [-0.2, 0) is 6.54 Å². The number of nitrogens with one attached hydrogen (secondary N) is 1. The summed E-state index contributed by atoms with van der Waals surface area (Å²) in [5, 5.41) is 2.79. The number of benzene rings is 1. The van der Waals surface area contributed by atoms with E-state index in [9.17, 15) is 4.79 Å². The van der Waals surface area contributed by atoms with Crippen LogP contribution >= 0.6 is 0 Å². The van der Waals surface area contributed by atoms with E-state index in [1.54, 1.807) is 24.5 Å². The highest BCUT2D eigenvalue weighted by Gasteiger charge is 2.06. The van der Waals surface area contributed by atoms with Gasteiger partial charge in [-0.05, 0) is 36.8 Å². The van der Waals surface area contributed by atoms with E-state index < -0.39 is 0 Å². The van der Waals surface area contributed by atoms with Crippen LogP contribution in [0.3, 0.4) is 0 Å². The van der Waals surface area contributed by atoms with E-state index >= 15 is 0 Å². The first-order valence-corrected chi connectivity index (χ1v) is 5.83. The van der Waals surface area contributed by atoms with Gasteiger partial charge in [0, 0.05) is 11.6 Å². The Balaban J connectivity index is 1.96. The summed E-state index contributed by atoms with van der Waals surface area (Å²) in [6.07, 6.45) is 1.58. The molecule has 0 spiro atoms. The fourth-order valence-corrected chi connectivity index (χ4v) is 1.62. The Kier molecular flexibility index (Phi) is 3.79. The lowest BCUT2D eigenvalue weighted by Crippen LogP contribution is -2.22. The molecular formula is C14H16N2O2. The lowest BCUT2D eigenvalue weighted by Gasteiger charge is -2.07. The Morgan fingerprint density at radius 3 is 2.61 bits per heavy atom. The standard InChI is InChI=1S/C14H16N2O2/c1-10(15)11-4-6-12(7-5-11)14(17)16-9-13-3-2-8-18-13/h2-8,10H,9,15H2,1H3,(H,16,17). The average molecular weight is 244 g/mol. The Morgan fingerprint density at radius 2 is 2.06 bits per heavy atom. The summed E-state index contributed by atoms with van der Waals surface area (Å²) in [7, 11) is 0. The first kappa shape index (κ1) is 12.4. The molecule has 0 aliphatic heterocycles. The second-order valence-electron chi connectivity index (χ2n) is 4.17. The van der Waals surface area contributed by atoms with Crippen molar-refractivity contribution in [1.29, 1.82) is 0 Å². The van der Waals surface area contributed by atoms with Crippen molar-refractivity contribution in [2.45, 2.75) is 19.5 Å². The van der Waals surface area contributed by atoms with E-state index in [1.807, 2.05) is 25.1 Å². The Labute approximate surface area is 106 Å². The van der Waals surface area contributed by atoms with E-state index in [0.29, 0.717) is 12.1 Å². The number of carbonyl (C=O) groups is 1.